The molecule has 4 rings (SSSR count). The van der Waals surface area contributed by atoms with Crippen LogP contribution in [0.2, 0.25) is 0 Å². The molecular weight excluding hydrogens is 346 g/mol. The Bertz CT molecular complexity index is 847. The third-order valence-electron chi connectivity index (χ3n) is 5.20. The van der Waals surface area contributed by atoms with Crippen molar-refractivity contribution in [1.29, 1.82) is 0 Å². The van der Waals surface area contributed by atoms with Gasteiger partial charge in [0, 0.05) is 61.7 Å². The number of piperazine rings is 1. The molecule has 2 aliphatic heterocycles. The van der Waals surface area contributed by atoms with Gasteiger partial charge in [0.15, 0.2) is 6.79 Å². The number of benzene rings is 2. The molecule has 142 valence electrons. The van der Waals surface area contributed by atoms with Gasteiger partial charge < -0.3 is 14.4 Å². The van der Waals surface area contributed by atoms with E-state index >= 15 is 0 Å². The number of ether oxygens (including phenoxy) is 2. The lowest BCUT2D eigenvalue weighted by atomic mass is 10.1. The van der Waals surface area contributed by atoms with E-state index in [2.05, 4.69) is 41.0 Å². The van der Waals surface area contributed by atoms with Crippen molar-refractivity contribution >= 4 is 11.4 Å². The Hall–Kier alpha value is -2.64. The maximum absolute atomic E-state index is 11.3. The molecule has 0 N–H and O–H groups in total. The summed E-state index contributed by atoms with van der Waals surface area (Å²) in [6.07, 6.45) is 0. The number of hydrogen-bond acceptors (Lipinski definition) is 6. The molecule has 7 nitrogen and oxygen atoms in total. The standard InChI is InChI=1S/C20H23N3O4/c1-15-4-2-3-5-19(15)22-8-6-21(7-9-22)12-16-10-18(23(24)25)11-17-13-26-14-27-20(16)17/h2-5,10-11H,6-9,12-14H2,1H3. The highest BCUT2D eigenvalue weighted by molar-refractivity contribution is 5.53. The number of para-hydroxylation sites is 1. The molecule has 0 unspecified atom stereocenters. The van der Waals surface area contributed by atoms with Gasteiger partial charge >= 0.3 is 0 Å². The van der Waals surface area contributed by atoms with Crippen LogP contribution in [0.1, 0.15) is 16.7 Å². The van der Waals surface area contributed by atoms with Crippen molar-refractivity contribution in [3.05, 3.63) is 63.2 Å². The molecular formula is C20H23N3O4. The average Bonchev–Trinajstić information content (AvgIpc) is 2.69. The number of non-ortho nitro benzene ring substituents is 1. The summed E-state index contributed by atoms with van der Waals surface area (Å²) in [5.41, 5.74) is 4.28. The van der Waals surface area contributed by atoms with Gasteiger partial charge in [-0.3, -0.25) is 15.0 Å². The third kappa shape index (κ3) is 3.74. The van der Waals surface area contributed by atoms with Gasteiger partial charge in [-0.15, -0.1) is 0 Å². The van der Waals surface area contributed by atoms with Gasteiger partial charge in [0.05, 0.1) is 11.5 Å². The molecule has 1 fully saturated rings. The summed E-state index contributed by atoms with van der Waals surface area (Å²) in [4.78, 5) is 15.6. The summed E-state index contributed by atoms with van der Waals surface area (Å²) in [5.74, 6) is 0.744. The van der Waals surface area contributed by atoms with Crippen LogP contribution in [-0.4, -0.2) is 42.8 Å². The van der Waals surface area contributed by atoms with Gasteiger partial charge in [-0.1, -0.05) is 18.2 Å². The predicted octanol–water partition coefficient (Wildman–Crippen LogP) is 3.09. The van der Waals surface area contributed by atoms with E-state index in [0.717, 1.165) is 43.1 Å². The monoisotopic (exact) mass is 369 g/mol. The maximum atomic E-state index is 11.3. The van der Waals surface area contributed by atoms with Gasteiger partial charge in [-0.2, -0.15) is 0 Å². The summed E-state index contributed by atoms with van der Waals surface area (Å²) in [5, 5.41) is 11.3. The number of hydrogen-bond donors (Lipinski definition) is 0. The first-order valence-corrected chi connectivity index (χ1v) is 9.15. The minimum Gasteiger partial charge on any atom is -0.467 e. The van der Waals surface area contributed by atoms with Crippen LogP contribution >= 0.6 is 0 Å². The van der Waals surface area contributed by atoms with Crippen molar-refractivity contribution in [2.75, 3.05) is 37.9 Å². The van der Waals surface area contributed by atoms with Crippen molar-refractivity contribution in [2.24, 2.45) is 0 Å². The third-order valence-corrected chi connectivity index (χ3v) is 5.20. The zero-order valence-corrected chi connectivity index (χ0v) is 15.4. The summed E-state index contributed by atoms with van der Waals surface area (Å²) in [6.45, 7) is 7.01. The van der Waals surface area contributed by atoms with E-state index in [0.29, 0.717) is 13.2 Å². The zero-order valence-electron chi connectivity index (χ0n) is 15.4. The van der Waals surface area contributed by atoms with E-state index in [1.165, 1.54) is 11.3 Å². The molecule has 7 heteroatoms. The van der Waals surface area contributed by atoms with Crippen molar-refractivity contribution in [3.63, 3.8) is 0 Å². The number of rotatable bonds is 4. The van der Waals surface area contributed by atoms with Gasteiger partial charge in [0.1, 0.15) is 5.75 Å². The number of nitro groups is 1. The van der Waals surface area contributed by atoms with Crippen molar-refractivity contribution in [1.82, 2.24) is 4.90 Å². The SMILES string of the molecule is Cc1ccccc1N1CCN(Cc2cc([N+](=O)[O-])cc3c2OCOC3)CC1. The lowest BCUT2D eigenvalue weighted by Gasteiger charge is -2.37. The van der Waals surface area contributed by atoms with Crippen molar-refractivity contribution in [2.45, 2.75) is 20.1 Å². The zero-order chi connectivity index (χ0) is 18.8. The molecule has 0 radical (unpaired) electrons. The van der Waals surface area contributed by atoms with Crippen LogP contribution in [0.15, 0.2) is 36.4 Å². The highest BCUT2D eigenvalue weighted by Gasteiger charge is 2.24. The Kier molecular flexibility index (Phi) is 4.96. The van der Waals surface area contributed by atoms with Crippen LogP contribution in [0, 0.1) is 17.0 Å². The van der Waals surface area contributed by atoms with E-state index in [1.807, 2.05) is 0 Å². The smallest absolute Gasteiger partial charge is 0.270 e. The second kappa shape index (κ2) is 7.54. The van der Waals surface area contributed by atoms with E-state index in [-0.39, 0.29) is 17.4 Å². The molecule has 2 aromatic carbocycles. The lowest BCUT2D eigenvalue weighted by molar-refractivity contribution is -0.385. The van der Waals surface area contributed by atoms with Crippen LogP contribution in [0.5, 0.6) is 5.75 Å². The molecule has 2 heterocycles. The molecule has 2 aliphatic rings. The van der Waals surface area contributed by atoms with E-state index in [1.54, 1.807) is 12.1 Å². The molecule has 0 atom stereocenters. The highest BCUT2D eigenvalue weighted by Crippen LogP contribution is 2.33. The number of nitro benzene ring substituents is 1. The molecule has 1 saturated heterocycles. The molecule has 0 saturated carbocycles. The van der Waals surface area contributed by atoms with Gasteiger partial charge in [-0.25, -0.2) is 0 Å². The number of nitrogens with zero attached hydrogens (tertiary/aromatic N) is 3. The minimum atomic E-state index is -0.353. The van der Waals surface area contributed by atoms with E-state index < -0.39 is 0 Å². The lowest BCUT2D eigenvalue weighted by Crippen LogP contribution is -2.46. The highest BCUT2D eigenvalue weighted by atomic mass is 16.7. The Morgan fingerprint density at radius 1 is 1.15 bits per heavy atom. The molecule has 0 bridgehead atoms. The molecule has 0 aliphatic carbocycles. The Morgan fingerprint density at radius 2 is 1.93 bits per heavy atom. The largest absolute Gasteiger partial charge is 0.467 e. The van der Waals surface area contributed by atoms with E-state index in [4.69, 9.17) is 9.47 Å². The first-order chi connectivity index (χ1) is 13.1. The van der Waals surface area contributed by atoms with Crippen LogP contribution in [-0.2, 0) is 17.9 Å². The summed E-state index contributed by atoms with van der Waals surface area (Å²) in [6, 6.07) is 11.6. The van der Waals surface area contributed by atoms with Gasteiger partial charge in [0.25, 0.3) is 5.69 Å². The van der Waals surface area contributed by atoms with Crippen LogP contribution in [0.25, 0.3) is 0 Å². The summed E-state index contributed by atoms with van der Waals surface area (Å²) >= 11 is 0. The molecule has 0 aromatic heterocycles. The predicted molar refractivity (Wildman–Crippen MR) is 102 cm³/mol. The first-order valence-electron chi connectivity index (χ1n) is 9.15. The maximum Gasteiger partial charge on any atom is 0.270 e. The van der Waals surface area contributed by atoms with Crippen molar-refractivity contribution in [3.8, 4) is 5.75 Å². The Balaban J connectivity index is 1.48. The first kappa shape index (κ1) is 17.8. The Morgan fingerprint density at radius 3 is 2.67 bits per heavy atom. The van der Waals surface area contributed by atoms with E-state index in [9.17, 15) is 10.1 Å². The number of fused-ring (bicyclic) bond motifs is 1. The van der Waals surface area contributed by atoms with Gasteiger partial charge in [0.2, 0.25) is 0 Å². The second-order valence-corrected chi connectivity index (χ2v) is 7.01. The molecule has 27 heavy (non-hydrogen) atoms. The van der Waals surface area contributed by atoms with Gasteiger partial charge in [-0.05, 0) is 18.6 Å². The molecule has 2 aromatic rings. The fourth-order valence-corrected chi connectivity index (χ4v) is 3.81. The normalized spacial score (nSPS) is 17.3. The fraction of sp³-hybridized carbons (Fsp3) is 0.400. The number of anilines is 1. The van der Waals surface area contributed by atoms with Crippen molar-refractivity contribution < 1.29 is 14.4 Å². The molecule has 0 spiro atoms. The van der Waals surface area contributed by atoms with Crippen LogP contribution in [0.4, 0.5) is 11.4 Å². The summed E-state index contributed by atoms with van der Waals surface area (Å²) in [7, 11) is 0. The minimum absolute atomic E-state index is 0.0939. The quantitative estimate of drug-likeness (QED) is 0.609. The fourth-order valence-electron chi connectivity index (χ4n) is 3.81. The molecule has 0 amide bonds. The Labute approximate surface area is 158 Å². The topological polar surface area (TPSA) is 68.1 Å². The van der Waals surface area contributed by atoms with Crippen LogP contribution < -0.4 is 9.64 Å². The summed E-state index contributed by atoms with van der Waals surface area (Å²) < 4.78 is 10.9. The van der Waals surface area contributed by atoms with Crippen LogP contribution in [0.3, 0.4) is 0 Å². The second-order valence-electron chi connectivity index (χ2n) is 7.01. The average molecular weight is 369 g/mol. The number of aryl methyl sites for hydroxylation is 1.